The van der Waals surface area contributed by atoms with E-state index in [0.717, 1.165) is 25.7 Å². The molecule has 9 nitrogen and oxygen atoms in total. The number of amides is 3. The molecule has 2 rings (SSSR count). The second kappa shape index (κ2) is 15.7. The monoisotopic (exact) mass is 555 g/mol. The highest BCUT2D eigenvalue weighted by Gasteiger charge is 2.37. The molecule has 0 aliphatic carbocycles. The van der Waals surface area contributed by atoms with Crippen molar-refractivity contribution in [2.45, 2.75) is 90.8 Å². The van der Waals surface area contributed by atoms with Crippen LogP contribution in [0.4, 0.5) is 4.79 Å². The van der Waals surface area contributed by atoms with Crippen LogP contribution in [-0.4, -0.2) is 57.8 Å². The van der Waals surface area contributed by atoms with Crippen LogP contribution in [0.15, 0.2) is 48.5 Å². The lowest BCUT2D eigenvalue weighted by atomic mass is 9.99. The Kier molecular flexibility index (Phi) is 12.8. The maximum absolute atomic E-state index is 14.3. The summed E-state index contributed by atoms with van der Waals surface area (Å²) in [6.07, 6.45) is 3.45. The zero-order chi connectivity index (χ0) is 29.7. The Morgan fingerprint density at radius 1 is 0.925 bits per heavy atom. The van der Waals surface area contributed by atoms with Gasteiger partial charge in [0.15, 0.2) is 0 Å². The number of phenols is 2. The minimum atomic E-state index is -1.11. The normalized spacial score (nSPS) is 12.7. The van der Waals surface area contributed by atoms with Gasteiger partial charge in [-0.3, -0.25) is 9.59 Å². The Labute approximate surface area is 237 Å². The lowest BCUT2D eigenvalue weighted by Gasteiger charge is -2.35. The highest BCUT2D eigenvalue weighted by Crippen LogP contribution is 2.30. The Balaban J connectivity index is 2.51. The van der Waals surface area contributed by atoms with Crippen molar-refractivity contribution < 1.29 is 29.3 Å². The maximum atomic E-state index is 14.3. The summed E-state index contributed by atoms with van der Waals surface area (Å²) in [7, 11) is 0. The van der Waals surface area contributed by atoms with Gasteiger partial charge < -0.3 is 30.5 Å². The Morgan fingerprint density at radius 3 is 2.17 bits per heavy atom. The molecule has 0 saturated carbocycles. The van der Waals surface area contributed by atoms with E-state index in [2.05, 4.69) is 17.6 Å². The number of unbranched alkanes of at least 4 members (excludes halogenated alkanes) is 3. The van der Waals surface area contributed by atoms with Gasteiger partial charge in [-0.1, -0.05) is 63.4 Å². The van der Waals surface area contributed by atoms with Crippen LogP contribution in [0.1, 0.15) is 83.9 Å². The topological polar surface area (TPSA) is 128 Å². The Bertz CT molecular complexity index is 1100. The smallest absolute Gasteiger partial charge is 0.408 e. The SMILES string of the molecule is CCCCCNC(=O)C(c1ccccc1O)N(CCCC)C(=O)C(Cc1ccc(O)cc1)NC(=O)OC(C)(C)C. The fourth-order valence-corrected chi connectivity index (χ4v) is 4.27. The van der Waals surface area contributed by atoms with Crippen LogP contribution in [0, 0.1) is 0 Å². The number of benzene rings is 2. The first-order chi connectivity index (χ1) is 19.0. The molecule has 4 N–H and O–H groups in total. The van der Waals surface area contributed by atoms with Crippen molar-refractivity contribution in [2.75, 3.05) is 13.1 Å². The second-order valence-electron chi connectivity index (χ2n) is 10.9. The summed E-state index contributed by atoms with van der Waals surface area (Å²) in [6.45, 7) is 9.92. The van der Waals surface area contributed by atoms with E-state index < -0.39 is 35.6 Å². The predicted molar refractivity (Wildman–Crippen MR) is 155 cm³/mol. The van der Waals surface area contributed by atoms with E-state index in [1.807, 2.05) is 6.92 Å². The molecule has 2 atom stereocenters. The number of carbonyl (C=O) groups is 3. The van der Waals surface area contributed by atoms with Gasteiger partial charge in [-0.05, 0) is 57.4 Å². The minimum absolute atomic E-state index is 0.0793. The number of aromatic hydroxyl groups is 2. The molecule has 0 saturated heterocycles. The third kappa shape index (κ3) is 10.4. The fraction of sp³-hybridized carbons (Fsp3) is 0.516. The van der Waals surface area contributed by atoms with E-state index in [1.54, 1.807) is 51.1 Å². The number of carbonyl (C=O) groups excluding carboxylic acids is 3. The van der Waals surface area contributed by atoms with E-state index in [4.69, 9.17) is 4.74 Å². The van der Waals surface area contributed by atoms with Crippen LogP contribution >= 0.6 is 0 Å². The average molecular weight is 556 g/mol. The highest BCUT2D eigenvalue weighted by molar-refractivity contribution is 5.92. The van der Waals surface area contributed by atoms with Crippen LogP contribution in [0.5, 0.6) is 11.5 Å². The van der Waals surface area contributed by atoms with E-state index in [9.17, 15) is 24.6 Å². The first-order valence-electron chi connectivity index (χ1n) is 14.1. The molecule has 2 unspecified atom stereocenters. The molecule has 0 aliphatic rings. The van der Waals surface area contributed by atoms with Crippen LogP contribution in [0.2, 0.25) is 0 Å². The standard InChI is InChI=1S/C31H45N3O6/c1-6-8-12-19-32-28(37)27(24-13-10-11-14-26(24)36)34(20-9-7-2)29(38)25(33-30(39)40-31(3,4)5)21-22-15-17-23(35)18-16-22/h10-11,13-18,25,27,35-36H,6-9,12,19-21H2,1-5H3,(H,32,37)(H,33,39). The molecule has 0 heterocycles. The van der Waals surface area contributed by atoms with Crippen molar-refractivity contribution in [3.05, 3.63) is 59.7 Å². The molecule has 3 amide bonds. The first kappa shape index (κ1) is 32.5. The molecule has 9 heteroatoms. The molecular weight excluding hydrogens is 510 g/mol. The van der Waals surface area contributed by atoms with Gasteiger partial charge in [0.25, 0.3) is 0 Å². The Morgan fingerprint density at radius 2 is 1.57 bits per heavy atom. The maximum Gasteiger partial charge on any atom is 0.408 e. The lowest BCUT2D eigenvalue weighted by Crippen LogP contribution is -2.54. The number of alkyl carbamates (subject to hydrolysis) is 1. The molecule has 0 radical (unpaired) electrons. The second-order valence-corrected chi connectivity index (χ2v) is 10.9. The number of hydrogen-bond acceptors (Lipinski definition) is 6. The molecule has 0 spiro atoms. The molecule has 0 fully saturated rings. The van der Waals surface area contributed by atoms with E-state index in [0.29, 0.717) is 24.1 Å². The molecule has 2 aromatic rings. The molecule has 220 valence electrons. The van der Waals surface area contributed by atoms with E-state index in [-0.39, 0.29) is 24.5 Å². The van der Waals surface area contributed by atoms with Crippen LogP contribution < -0.4 is 10.6 Å². The van der Waals surface area contributed by atoms with Gasteiger partial charge >= 0.3 is 6.09 Å². The van der Waals surface area contributed by atoms with Crippen LogP contribution in [0.25, 0.3) is 0 Å². The van der Waals surface area contributed by atoms with Crippen molar-refractivity contribution in [3.63, 3.8) is 0 Å². The third-order valence-corrected chi connectivity index (χ3v) is 6.27. The zero-order valence-corrected chi connectivity index (χ0v) is 24.4. The van der Waals surface area contributed by atoms with Gasteiger partial charge in [0.1, 0.15) is 29.2 Å². The van der Waals surface area contributed by atoms with Crippen LogP contribution in [-0.2, 0) is 20.7 Å². The average Bonchev–Trinajstić information content (AvgIpc) is 2.89. The van der Waals surface area contributed by atoms with E-state index >= 15 is 0 Å². The Hall–Kier alpha value is -3.75. The summed E-state index contributed by atoms with van der Waals surface area (Å²) in [6, 6.07) is 10.7. The van der Waals surface area contributed by atoms with Gasteiger partial charge in [-0.25, -0.2) is 4.79 Å². The summed E-state index contributed by atoms with van der Waals surface area (Å²) in [5, 5.41) is 26.1. The number of rotatable bonds is 14. The van der Waals surface area contributed by atoms with Crippen molar-refractivity contribution in [2.24, 2.45) is 0 Å². The summed E-state index contributed by atoms with van der Waals surface area (Å²) < 4.78 is 5.44. The predicted octanol–water partition coefficient (Wildman–Crippen LogP) is 5.21. The molecular formula is C31H45N3O6. The number of phenolic OH excluding ortho intramolecular Hbond substituents is 2. The molecule has 0 bridgehead atoms. The summed E-state index contributed by atoms with van der Waals surface area (Å²) in [4.78, 5) is 42.2. The quantitative estimate of drug-likeness (QED) is 0.237. The summed E-state index contributed by atoms with van der Waals surface area (Å²) >= 11 is 0. The molecule has 0 aromatic heterocycles. The number of nitrogens with one attached hydrogen (secondary N) is 2. The van der Waals surface area contributed by atoms with Crippen molar-refractivity contribution in [1.29, 1.82) is 0 Å². The number of para-hydroxylation sites is 1. The van der Waals surface area contributed by atoms with Gasteiger partial charge in [0.2, 0.25) is 11.8 Å². The molecule has 40 heavy (non-hydrogen) atoms. The lowest BCUT2D eigenvalue weighted by molar-refractivity contribution is -0.142. The zero-order valence-electron chi connectivity index (χ0n) is 24.4. The van der Waals surface area contributed by atoms with Gasteiger partial charge in [-0.15, -0.1) is 0 Å². The minimum Gasteiger partial charge on any atom is -0.508 e. The van der Waals surface area contributed by atoms with Crippen molar-refractivity contribution >= 4 is 17.9 Å². The fourth-order valence-electron chi connectivity index (χ4n) is 4.27. The van der Waals surface area contributed by atoms with Crippen molar-refractivity contribution in [3.8, 4) is 11.5 Å². The molecule has 2 aromatic carbocycles. The number of nitrogens with zero attached hydrogens (tertiary/aromatic N) is 1. The van der Waals surface area contributed by atoms with E-state index in [1.165, 1.54) is 23.1 Å². The number of ether oxygens (including phenoxy) is 1. The van der Waals surface area contributed by atoms with Gasteiger partial charge in [-0.2, -0.15) is 0 Å². The highest BCUT2D eigenvalue weighted by atomic mass is 16.6. The number of hydrogen-bond donors (Lipinski definition) is 4. The van der Waals surface area contributed by atoms with Crippen molar-refractivity contribution in [1.82, 2.24) is 15.5 Å². The largest absolute Gasteiger partial charge is 0.508 e. The third-order valence-electron chi connectivity index (χ3n) is 6.27. The van der Waals surface area contributed by atoms with Gasteiger partial charge in [0.05, 0.1) is 0 Å². The summed E-state index contributed by atoms with van der Waals surface area (Å²) in [5.74, 6) is -0.900. The van der Waals surface area contributed by atoms with Crippen LogP contribution in [0.3, 0.4) is 0 Å². The summed E-state index contributed by atoms with van der Waals surface area (Å²) in [5.41, 5.74) is 0.223. The van der Waals surface area contributed by atoms with Gasteiger partial charge in [0, 0.05) is 25.1 Å². The first-order valence-corrected chi connectivity index (χ1v) is 14.1. The molecule has 0 aliphatic heterocycles.